The first kappa shape index (κ1) is 12.8. The fourth-order valence-electron chi connectivity index (χ4n) is 0.881. The number of nitrogens with two attached hydrogens (primary N) is 1. The molecule has 0 rings (SSSR count). The summed E-state index contributed by atoms with van der Waals surface area (Å²) in [5.74, 6) is 0. The maximum absolute atomic E-state index is 5.32. The van der Waals surface area contributed by atoms with Crippen molar-refractivity contribution in [2.24, 2.45) is 5.73 Å². The molecule has 0 radical (unpaired) electrons. The molecule has 0 heterocycles. The van der Waals surface area contributed by atoms with E-state index in [4.69, 9.17) is 19.9 Å². The zero-order valence-electron chi connectivity index (χ0n) is 8.62. The van der Waals surface area contributed by atoms with Crippen molar-refractivity contribution in [2.75, 3.05) is 33.0 Å². The fraction of sp³-hybridized carbons (Fsp3) is 1.00. The molecule has 80 valence electrons. The van der Waals surface area contributed by atoms with E-state index < -0.39 is 0 Å². The molecule has 13 heavy (non-hydrogen) atoms. The molecule has 4 heteroatoms. The largest absolute Gasteiger partial charge is 0.376 e. The standard InChI is InChI=1S/C9H21NO3/c1-3-12-9(13-4-2)8-11-7-5-6-10/h9H,3-8,10H2,1-2H3. The second-order valence-corrected chi connectivity index (χ2v) is 2.56. The summed E-state index contributed by atoms with van der Waals surface area (Å²) >= 11 is 0. The third kappa shape index (κ3) is 8.18. The van der Waals surface area contributed by atoms with Crippen LogP contribution in [0.3, 0.4) is 0 Å². The highest BCUT2D eigenvalue weighted by Gasteiger charge is 2.06. The van der Waals surface area contributed by atoms with Gasteiger partial charge in [0.15, 0.2) is 6.29 Å². The van der Waals surface area contributed by atoms with Crippen LogP contribution in [0.5, 0.6) is 0 Å². The molecule has 0 aromatic heterocycles. The normalized spacial score (nSPS) is 11.1. The van der Waals surface area contributed by atoms with E-state index in [1.165, 1.54) is 0 Å². The maximum atomic E-state index is 5.32. The van der Waals surface area contributed by atoms with Gasteiger partial charge in [0.1, 0.15) is 0 Å². The van der Waals surface area contributed by atoms with Crippen molar-refractivity contribution in [1.82, 2.24) is 0 Å². The van der Waals surface area contributed by atoms with Crippen LogP contribution in [0.2, 0.25) is 0 Å². The Morgan fingerprint density at radius 3 is 2.23 bits per heavy atom. The van der Waals surface area contributed by atoms with Gasteiger partial charge in [-0.1, -0.05) is 0 Å². The van der Waals surface area contributed by atoms with Gasteiger partial charge in [-0.15, -0.1) is 0 Å². The summed E-state index contributed by atoms with van der Waals surface area (Å²) < 4.78 is 15.9. The van der Waals surface area contributed by atoms with Crippen LogP contribution < -0.4 is 5.73 Å². The molecule has 0 fully saturated rings. The van der Waals surface area contributed by atoms with Gasteiger partial charge >= 0.3 is 0 Å². The van der Waals surface area contributed by atoms with Gasteiger partial charge in [-0.2, -0.15) is 0 Å². The molecule has 0 aliphatic rings. The molecular weight excluding hydrogens is 170 g/mol. The van der Waals surface area contributed by atoms with Crippen LogP contribution >= 0.6 is 0 Å². The molecule has 0 aliphatic carbocycles. The zero-order valence-corrected chi connectivity index (χ0v) is 8.62. The van der Waals surface area contributed by atoms with E-state index in [2.05, 4.69) is 0 Å². The van der Waals surface area contributed by atoms with Crippen molar-refractivity contribution in [3.8, 4) is 0 Å². The third-order valence-electron chi connectivity index (χ3n) is 1.45. The number of rotatable bonds is 9. The van der Waals surface area contributed by atoms with Crippen LogP contribution in [0.15, 0.2) is 0 Å². The van der Waals surface area contributed by atoms with Crippen LogP contribution in [-0.2, 0) is 14.2 Å². The third-order valence-corrected chi connectivity index (χ3v) is 1.45. The quantitative estimate of drug-likeness (QED) is 0.431. The smallest absolute Gasteiger partial charge is 0.180 e. The Labute approximate surface area is 80.3 Å². The van der Waals surface area contributed by atoms with Crippen LogP contribution in [0.4, 0.5) is 0 Å². The highest BCUT2D eigenvalue weighted by Crippen LogP contribution is 1.96. The molecule has 0 unspecified atom stereocenters. The number of hydrogen-bond donors (Lipinski definition) is 1. The second-order valence-electron chi connectivity index (χ2n) is 2.56. The lowest BCUT2D eigenvalue weighted by Crippen LogP contribution is -2.24. The average molecular weight is 191 g/mol. The van der Waals surface area contributed by atoms with Crippen molar-refractivity contribution >= 4 is 0 Å². The first-order valence-electron chi connectivity index (χ1n) is 4.86. The van der Waals surface area contributed by atoms with Crippen LogP contribution in [0.1, 0.15) is 20.3 Å². The molecule has 0 aromatic carbocycles. The van der Waals surface area contributed by atoms with Crippen molar-refractivity contribution in [3.05, 3.63) is 0 Å². The van der Waals surface area contributed by atoms with Gasteiger partial charge in [0, 0.05) is 19.8 Å². The Kier molecular flexibility index (Phi) is 9.80. The summed E-state index contributed by atoms with van der Waals surface area (Å²) in [6.07, 6.45) is 0.651. The molecule has 0 atom stereocenters. The molecule has 0 spiro atoms. The van der Waals surface area contributed by atoms with E-state index in [-0.39, 0.29) is 6.29 Å². The average Bonchev–Trinajstić information content (AvgIpc) is 2.13. The highest BCUT2D eigenvalue weighted by atomic mass is 16.7. The van der Waals surface area contributed by atoms with Crippen LogP contribution in [-0.4, -0.2) is 39.3 Å². The van der Waals surface area contributed by atoms with Gasteiger partial charge in [-0.25, -0.2) is 0 Å². The van der Waals surface area contributed by atoms with Crippen molar-refractivity contribution in [2.45, 2.75) is 26.6 Å². The van der Waals surface area contributed by atoms with Gasteiger partial charge in [0.05, 0.1) is 6.61 Å². The minimum Gasteiger partial charge on any atom is -0.376 e. The SMILES string of the molecule is CCOC(COCCCN)OCC. The Morgan fingerprint density at radius 1 is 1.15 bits per heavy atom. The van der Waals surface area contributed by atoms with E-state index in [1.54, 1.807) is 0 Å². The summed E-state index contributed by atoms with van der Waals surface area (Å²) in [5.41, 5.74) is 5.32. The predicted octanol–water partition coefficient (Wildman–Crippen LogP) is 0.751. The van der Waals surface area contributed by atoms with Crippen molar-refractivity contribution < 1.29 is 14.2 Å². The van der Waals surface area contributed by atoms with Gasteiger partial charge < -0.3 is 19.9 Å². The Hall–Kier alpha value is -0.160. The Bertz CT molecular complexity index is 94.9. The van der Waals surface area contributed by atoms with Gasteiger partial charge in [-0.05, 0) is 26.8 Å². The van der Waals surface area contributed by atoms with Crippen LogP contribution in [0, 0.1) is 0 Å². The Morgan fingerprint density at radius 2 is 1.77 bits per heavy atom. The van der Waals surface area contributed by atoms with Crippen molar-refractivity contribution in [3.63, 3.8) is 0 Å². The molecular formula is C9H21NO3. The van der Waals surface area contributed by atoms with Crippen molar-refractivity contribution in [1.29, 1.82) is 0 Å². The molecule has 0 saturated carbocycles. The summed E-state index contributed by atoms with van der Waals surface area (Å²) in [7, 11) is 0. The van der Waals surface area contributed by atoms with E-state index in [1.807, 2.05) is 13.8 Å². The lowest BCUT2D eigenvalue weighted by molar-refractivity contribution is -0.167. The molecule has 0 amide bonds. The lowest BCUT2D eigenvalue weighted by atomic mass is 10.5. The minimum atomic E-state index is -0.229. The van der Waals surface area contributed by atoms with Gasteiger partial charge in [0.25, 0.3) is 0 Å². The molecule has 0 bridgehead atoms. The molecule has 0 saturated heterocycles. The topological polar surface area (TPSA) is 53.7 Å². The molecule has 0 aliphatic heterocycles. The number of ether oxygens (including phenoxy) is 3. The second kappa shape index (κ2) is 9.92. The minimum absolute atomic E-state index is 0.229. The van der Waals surface area contributed by atoms with Gasteiger partial charge in [-0.3, -0.25) is 0 Å². The van der Waals surface area contributed by atoms with E-state index >= 15 is 0 Å². The van der Waals surface area contributed by atoms with E-state index in [0.717, 1.165) is 6.42 Å². The summed E-state index contributed by atoms with van der Waals surface area (Å²) in [6, 6.07) is 0. The van der Waals surface area contributed by atoms with E-state index in [0.29, 0.717) is 33.0 Å². The fourth-order valence-corrected chi connectivity index (χ4v) is 0.881. The molecule has 4 nitrogen and oxygen atoms in total. The maximum Gasteiger partial charge on any atom is 0.180 e. The highest BCUT2D eigenvalue weighted by molar-refractivity contribution is 4.42. The van der Waals surface area contributed by atoms with E-state index in [9.17, 15) is 0 Å². The van der Waals surface area contributed by atoms with Crippen LogP contribution in [0.25, 0.3) is 0 Å². The Balaban J connectivity index is 3.33. The van der Waals surface area contributed by atoms with Gasteiger partial charge in [0.2, 0.25) is 0 Å². The first-order chi connectivity index (χ1) is 6.35. The number of hydrogen-bond acceptors (Lipinski definition) is 4. The lowest BCUT2D eigenvalue weighted by Gasteiger charge is -2.16. The summed E-state index contributed by atoms with van der Waals surface area (Å²) in [5, 5.41) is 0. The summed E-state index contributed by atoms with van der Waals surface area (Å²) in [4.78, 5) is 0. The molecule has 0 aromatic rings. The predicted molar refractivity (Wildman–Crippen MR) is 51.5 cm³/mol. The first-order valence-corrected chi connectivity index (χ1v) is 4.86. The summed E-state index contributed by atoms with van der Waals surface area (Å²) in [6.45, 7) is 6.98. The molecule has 2 N–H and O–H groups in total. The zero-order chi connectivity index (χ0) is 9.94. The monoisotopic (exact) mass is 191 g/mol.